The molecule has 1 aliphatic heterocycles. The molecule has 1 N–H and O–H groups in total. The highest BCUT2D eigenvalue weighted by atomic mass is 16.6. The maximum absolute atomic E-state index is 10.4. The third-order valence-electron chi connectivity index (χ3n) is 1.01. The third kappa shape index (κ3) is 0.587. The molecule has 1 unspecified atom stereocenters. The van der Waals surface area contributed by atoms with E-state index in [-0.39, 0.29) is 0 Å². The van der Waals surface area contributed by atoms with E-state index >= 15 is 0 Å². The minimum atomic E-state index is -0.790. The van der Waals surface area contributed by atoms with Crippen molar-refractivity contribution < 1.29 is 14.6 Å². The second-order valence-corrected chi connectivity index (χ2v) is 1.81. The third-order valence-corrected chi connectivity index (χ3v) is 1.01. The summed E-state index contributed by atoms with van der Waals surface area (Å²) >= 11 is 0. The molecular formula is C4H6O3. The number of carboxylic acids is 1. The molecule has 0 radical (unpaired) electrons. The first kappa shape index (κ1) is 3.43. The normalized spacial score (nSPS) is 39.3. The van der Waals surface area contributed by atoms with E-state index in [1.165, 1.54) is 0 Å². The van der Waals surface area contributed by atoms with E-state index in [1.807, 2.05) is 0 Å². The highest BCUT2D eigenvalue weighted by Gasteiger charge is 2.47. The summed E-state index contributed by atoms with van der Waals surface area (Å²) < 4.78 is 10.8. The Morgan fingerprint density at radius 3 is 3.00 bits per heavy atom. The monoisotopic (exact) mass is 103 g/mol. The van der Waals surface area contributed by atoms with Gasteiger partial charge in [-0.25, -0.2) is 4.79 Å². The first-order valence-corrected chi connectivity index (χ1v) is 2.00. The fourth-order valence-electron chi connectivity index (χ4n) is 0.226. The molecule has 40 valence electrons. The average molecular weight is 103 g/mol. The fraction of sp³-hybridized carbons (Fsp3) is 0.750. The van der Waals surface area contributed by atoms with Gasteiger partial charge in [0, 0.05) is 0 Å². The molecule has 3 nitrogen and oxygen atoms in total. The van der Waals surface area contributed by atoms with E-state index in [4.69, 9.17) is 1.43 Å². The molecule has 1 aliphatic rings. The Bertz CT molecular complexity index is 118. The Balaban J connectivity index is 2.46. The molecule has 1 rings (SSSR count). The van der Waals surface area contributed by atoms with Gasteiger partial charge in [-0.05, 0) is 6.92 Å². The molecule has 0 aromatic heterocycles. The molecule has 0 amide bonds. The van der Waals surface area contributed by atoms with Crippen molar-refractivity contribution in [1.29, 1.82) is 1.43 Å². The van der Waals surface area contributed by atoms with Gasteiger partial charge in [0.25, 0.3) is 1.43 Å². The molecule has 0 spiro atoms. The van der Waals surface area contributed by atoms with Crippen molar-refractivity contribution in [1.82, 2.24) is 0 Å². The fourth-order valence-corrected chi connectivity index (χ4v) is 0.226. The van der Waals surface area contributed by atoms with Gasteiger partial charge >= 0.3 is 5.97 Å². The van der Waals surface area contributed by atoms with Crippen molar-refractivity contribution in [3.8, 4) is 0 Å². The molecule has 1 heterocycles. The van der Waals surface area contributed by atoms with E-state index in [2.05, 4.69) is 9.85 Å². The lowest BCUT2D eigenvalue weighted by Crippen LogP contribution is -2.18. The first-order chi connectivity index (χ1) is 3.69. The van der Waals surface area contributed by atoms with Crippen LogP contribution in [0.2, 0.25) is 0 Å². The molecule has 0 aromatic rings. The molecule has 0 saturated carbocycles. The number of carbonyl (C=O) groups is 1. The zero-order chi connectivity index (χ0) is 6.20. The largest absolute Gasteiger partial charge is 0.479 e. The number of epoxide rings is 1. The van der Waals surface area contributed by atoms with Crippen molar-refractivity contribution in [2.75, 3.05) is 6.61 Å². The van der Waals surface area contributed by atoms with Gasteiger partial charge in [0.1, 0.15) is 0 Å². The van der Waals surface area contributed by atoms with Gasteiger partial charge < -0.3 is 9.85 Å². The predicted octanol–water partition coefficient (Wildman–Crippen LogP) is -0.140. The van der Waals surface area contributed by atoms with Crippen LogP contribution in [0.25, 0.3) is 1.43 Å². The smallest absolute Gasteiger partial charge is 0.338 e. The van der Waals surface area contributed by atoms with Crippen LogP contribution in [0.1, 0.15) is 6.92 Å². The lowest BCUT2D eigenvalue weighted by molar-refractivity contribution is -0.142. The van der Waals surface area contributed by atoms with Gasteiger partial charge in [-0.1, -0.05) is 0 Å². The Hall–Kier alpha value is -0.570. The van der Waals surface area contributed by atoms with Gasteiger partial charge in [-0.2, -0.15) is 0 Å². The molecule has 3 heteroatoms. The van der Waals surface area contributed by atoms with Crippen LogP contribution in [0.3, 0.4) is 0 Å². The molecule has 0 aromatic carbocycles. The molecule has 0 aliphatic carbocycles. The van der Waals surface area contributed by atoms with E-state index in [0.29, 0.717) is 6.61 Å². The van der Waals surface area contributed by atoms with Crippen molar-refractivity contribution in [3.05, 3.63) is 0 Å². The Labute approximate surface area is 42.4 Å². The number of rotatable bonds is 1. The number of aliphatic carboxylic acids is 1. The molecular weight excluding hydrogens is 96.0 g/mol. The number of hydrogen-bond acceptors (Lipinski definition) is 3. The summed E-state index contributed by atoms with van der Waals surface area (Å²) in [6.45, 7) is 1.97. The number of ether oxygens (including phenoxy) is 1. The zero-order valence-electron chi connectivity index (χ0n) is 4.93. The number of carboxylic acid groups (broad SMARTS) is 1. The predicted molar refractivity (Wildman–Crippen MR) is 22.0 cm³/mol. The lowest BCUT2D eigenvalue weighted by atomic mass is 10.2. The SMILES string of the molecule is [2H]OC(=O)C1(C)CO1. The summed E-state index contributed by atoms with van der Waals surface area (Å²) in [6.07, 6.45) is 0. The summed E-state index contributed by atoms with van der Waals surface area (Å²) in [5.41, 5.74) is -0.790. The van der Waals surface area contributed by atoms with Crippen molar-refractivity contribution in [2.24, 2.45) is 0 Å². The van der Waals surface area contributed by atoms with Gasteiger partial charge in [0.05, 0.1) is 6.61 Å². The van der Waals surface area contributed by atoms with E-state index < -0.39 is 11.6 Å². The Morgan fingerprint density at radius 1 is 2.29 bits per heavy atom. The second-order valence-electron chi connectivity index (χ2n) is 1.81. The van der Waals surface area contributed by atoms with Crippen LogP contribution in [0.15, 0.2) is 0 Å². The van der Waals surface area contributed by atoms with Crippen LogP contribution in [0.4, 0.5) is 0 Å². The molecule has 0 bridgehead atoms. The summed E-state index contributed by atoms with van der Waals surface area (Å²) in [4.78, 5) is 10.4. The van der Waals surface area contributed by atoms with Crippen molar-refractivity contribution in [3.63, 3.8) is 0 Å². The second kappa shape index (κ2) is 0.980. The minimum absolute atomic E-state index is 0.380. The maximum atomic E-state index is 10.4. The lowest BCUT2D eigenvalue weighted by Gasteiger charge is -1.90. The topological polar surface area (TPSA) is 49.8 Å². The van der Waals surface area contributed by atoms with Gasteiger partial charge in [0.15, 0.2) is 5.60 Å². The maximum Gasteiger partial charge on any atom is 0.338 e. The Kier molecular flexibility index (Phi) is 0.481. The highest BCUT2D eigenvalue weighted by Crippen LogP contribution is 2.25. The average Bonchev–Trinajstić information content (AvgIpc) is 2.47. The summed E-state index contributed by atoms with van der Waals surface area (Å²) in [7, 11) is 0. The highest BCUT2D eigenvalue weighted by molar-refractivity contribution is 5.79. The van der Waals surface area contributed by atoms with Crippen molar-refractivity contribution >= 4 is 5.97 Å². The summed E-state index contributed by atoms with van der Waals surface area (Å²) in [5.74, 6) is -0.613. The van der Waals surface area contributed by atoms with E-state index in [9.17, 15) is 4.79 Å². The summed E-state index contributed by atoms with van der Waals surface area (Å²) in [5, 5.41) is 3.66. The Morgan fingerprint density at radius 2 is 2.86 bits per heavy atom. The van der Waals surface area contributed by atoms with Crippen LogP contribution in [-0.4, -0.2) is 23.3 Å². The van der Waals surface area contributed by atoms with Gasteiger partial charge in [0.2, 0.25) is 0 Å². The van der Waals surface area contributed by atoms with Gasteiger partial charge in [-0.3, -0.25) is 0 Å². The quantitative estimate of drug-likeness (QED) is 0.470. The standard InChI is InChI=1S/C4H6O3/c1-4(2-7-4)3(5)6/h2H2,1H3,(H,5,6)/i/hD. The zero-order valence-corrected chi connectivity index (χ0v) is 3.93. The first-order valence-electron chi connectivity index (χ1n) is 2.41. The van der Waals surface area contributed by atoms with Crippen LogP contribution in [-0.2, 0) is 9.53 Å². The number of hydrogen-bond donors (Lipinski definition) is 1. The van der Waals surface area contributed by atoms with Crippen LogP contribution in [0, 0.1) is 0 Å². The molecule has 7 heavy (non-hydrogen) atoms. The van der Waals surface area contributed by atoms with Crippen LogP contribution in [0.5, 0.6) is 0 Å². The van der Waals surface area contributed by atoms with Crippen molar-refractivity contribution in [2.45, 2.75) is 12.5 Å². The van der Waals surface area contributed by atoms with Gasteiger partial charge in [-0.15, -0.1) is 0 Å². The minimum Gasteiger partial charge on any atom is -0.479 e. The van der Waals surface area contributed by atoms with Crippen LogP contribution >= 0.6 is 0 Å². The van der Waals surface area contributed by atoms with E-state index in [0.717, 1.165) is 0 Å². The molecule has 1 fully saturated rings. The molecule has 1 saturated heterocycles. The molecule has 1 atom stereocenters. The van der Waals surface area contributed by atoms with Crippen LogP contribution < -0.4 is 0 Å². The van der Waals surface area contributed by atoms with E-state index in [1.54, 1.807) is 6.92 Å². The summed E-state index contributed by atoms with van der Waals surface area (Å²) in [6, 6.07) is 0.